The average molecular weight is 423 g/mol. The van der Waals surface area contributed by atoms with Gasteiger partial charge in [0.2, 0.25) is 15.9 Å². The topological polar surface area (TPSA) is 110 Å². The van der Waals surface area contributed by atoms with E-state index in [1.807, 2.05) is 0 Å². The number of halogens is 2. The summed E-state index contributed by atoms with van der Waals surface area (Å²) < 4.78 is 49.6. The van der Waals surface area contributed by atoms with Crippen LogP contribution in [0.4, 0.5) is 14.5 Å². The first-order valence-electron chi connectivity index (χ1n) is 8.83. The van der Waals surface area contributed by atoms with Gasteiger partial charge in [0, 0.05) is 24.7 Å². The number of benzene rings is 2. The van der Waals surface area contributed by atoms with Crippen molar-refractivity contribution in [2.45, 2.75) is 17.7 Å². The molecule has 1 aliphatic rings. The molecule has 0 unspecified atom stereocenters. The Labute approximate surface area is 166 Å². The fourth-order valence-corrected chi connectivity index (χ4v) is 3.66. The normalized spacial score (nSPS) is 15.2. The Hall–Kier alpha value is -2.85. The van der Waals surface area contributed by atoms with Gasteiger partial charge in [0.25, 0.3) is 5.91 Å². The van der Waals surface area contributed by atoms with Gasteiger partial charge in [-0.2, -0.15) is 0 Å². The Kier molecular flexibility index (Phi) is 5.94. The van der Waals surface area contributed by atoms with E-state index >= 15 is 0 Å². The summed E-state index contributed by atoms with van der Waals surface area (Å²) in [5.41, 5.74) is 0.0885. The van der Waals surface area contributed by atoms with Crippen LogP contribution in [0.25, 0.3) is 0 Å². The van der Waals surface area contributed by atoms with E-state index in [2.05, 4.69) is 5.32 Å². The summed E-state index contributed by atoms with van der Waals surface area (Å²) in [6.07, 6.45) is 0.730. The lowest BCUT2D eigenvalue weighted by atomic mass is 9.95. The molecule has 1 heterocycles. The summed E-state index contributed by atoms with van der Waals surface area (Å²) in [6.45, 7) is 0.467. The number of primary sulfonamides is 1. The third-order valence-corrected chi connectivity index (χ3v) is 5.69. The van der Waals surface area contributed by atoms with Gasteiger partial charge in [-0.1, -0.05) is 0 Å². The fraction of sp³-hybridized carbons (Fsp3) is 0.263. The van der Waals surface area contributed by atoms with Crippen molar-refractivity contribution in [3.63, 3.8) is 0 Å². The molecular formula is C19H19F2N3O4S. The molecule has 0 spiro atoms. The van der Waals surface area contributed by atoms with E-state index in [-0.39, 0.29) is 35.4 Å². The van der Waals surface area contributed by atoms with Gasteiger partial charge >= 0.3 is 0 Å². The zero-order valence-corrected chi connectivity index (χ0v) is 16.1. The molecule has 2 amide bonds. The van der Waals surface area contributed by atoms with Crippen LogP contribution < -0.4 is 10.5 Å². The van der Waals surface area contributed by atoms with Crippen LogP contribution in [-0.4, -0.2) is 38.2 Å². The van der Waals surface area contributed by atoms with Gasteiger partial charge in [0.1, 0.15) is 11.6 Å². The Morgan fingerprint density at radius 1 is 1.03 bits per heavy atom. The van der Waals surface area contributed by atoms with Crippen molar-refractivity contribution in [3.05, 3.63) is 59.7 Å². The van der Waals surface area contributed by atoms with Crippen molar-refractivity contribution in [1.82, 2.24) is 4.90 Å². The SMILES string of the molecule is NS(=O)(=O)c1ccc(NC(=O)C2CCN(C(=O)c3cc(F)ccc3F)CC2)cc1. The van der Waals surface area contributed by atoms with E-state index in [0.29, 0.717) is 18.5 Å². The summed E-state index contributed by atoms with van der Waals surface area (Å²) in [5, 5.41) is 7.73. The molecule has 0 radical (unpaired) electrons. The van der Waals surface area contributed by atoms with Crippen molar-refractivity contribution < 1.29 is 26.8 Å². The Balaban J connectivity index is 1.58. The molecule has 3 N–H and O–H groups in total. The molecule has 3 rings (SSSR count). The number of anilines is 1. The first-order chi connectivity index (χ1) is 13.6. The minimum atomic E-state index is -3.81. The van der Waals surface area contributed by atoms with Crippen molar-refractivity contribution in [3.8, 4) is 0 Å². The molecular weight excluding hydrogens is 404 g/mol. The lowest BCUT2D eigenvalue weighted by Gasteiger charge is -2.31. The minimum Gasteiger partial charge on any atom is -0.339 e. The summed E-state index contributed by atoms with van der Waals surface area (Å²) in [5.74, 6) is -2.73. The summed E-state index contributed by atoms with van der Waals surface area (Å²) >= 11 is 0. The van der Waals surface area contributed by atoms with E-state index < -0.39 is 27.6 Å². The number of nitrogens with one attached hydrogen (secondary N) is 1. The second kappa shape index (κ2) is 8.26. The third-order valence-electron chi connectivity index (χ3n) is 4.76. The van der Waals surface area contributed by atoms with Crippen LogP contribution in [0.15, 0.2) is 47.4 Å². The molecule has 0 aromatic heterocycles. The Morgan fingerprint density at radius 3 is 2.24 bits per heavy atom. The number of sulfonamides is 1. The lowest BCUT2D eigenvalue weighted by Crippen LogP contribution is -2.41. The first kappa shape index (κ1) is 20.9. The van der Waals surface area contributed by atoms with Crippen molar-refractivity contribution in [2.75, 3.05) is 18.4 Å². The zero-order chi connectivity index (χ0) is 21.2. The molecule has 0 aliphatic carbocycles. The van der Waals surface area contributed by atoms with Gasteiger partial charge in [-0.05, 0) is 55.3 Å². The van der Waals surface area contributed by atoms with Crippen LogP contribution in [-0.2, 0) is 14.8 Å². The molecule has 0 bridgehead atoms. The van der Waals surface area contributed by atoms with E-state index in [1.165, 1.54) is 29.2 Å². The van der Waals surface area contributed by atoms with Crippen molar-refractivity contribution in [1.29, 1.82) is 0 Å². The number of rotatable bonds is 4. The fourth-order valence-electron chi connectivity index (χ4n) is 3.15. The third kappa shape index (κ3) is 4.96. The number of hydrogen-bond acceptors (Lipinski definition) is 4. The molecule has 0 atom stereocenters. The van der Waals surface area contributed by atoms with E-state index in [4.69, 9.17) is 5.14 Å². The molecule has 2 aromatic carbocycles. The highest BCUT2D eigenvalue weighted by atomic mass is 32.2. The number of hydrogen-bond donors (Lipinski definition) is 2. The van der Waals surface area contributed by atoms with Gasteiger partial charge in [0.05, 0.1) is 10.5 Å². The predicted octanol–water partition coefficient (Wildman–Crippen LogP) is 2.10. The number of carbonyl (C=O) groups is 2. The summed E-state index contributed by atoms with van der Waals surface area (Å²) in [4.78, 5) is 26.2. The molecule has 1 saturated heterocycles. The van der Waals surface area contributed by atoms with Gasteiger partial charge in [-0.25, -0.2) is 22.3 Å². The molecule has 10 heteroatoms. The predicted molar refractivity (Wildman–Crippen MR) is 101 cm³/mol. The molecule has 1 fully saturated rings. The quantitative estimate of drug-likeness (QED) is 0.785. The highest BCUT2D eigenvalue weighted by molar-refractivity contribution is 7.89. The smallest absolute Gasteiger partial charge is 0.256 e. The van der Waals surface area contributed by atoms with Crippen LogP contribution in [0.2, 0.25) is 0 Å². The highest BCUT2D eigenvalue weighted by Gasteiger charge is 2.29. The molecule has 2 aromatic rings. The van der Waals surface area contributed by atoms with Crippen LogP contribution in [0.1, 0.15) is 23.2 Å². The summed E-state index contributed by atoms with van der Waals surface area (Å²) in [7, 11) is -3.81. The first-order valence-corrected chi connectivity index (χ1v) is 10.4. The number of likely N-dealkylation sites (tertiary alicyclic amines) is 1. The maximum Gasteiger partial charge on any atom is 0.256 e. The maximum atomic E-state index is 13.8. The molecule has 154 valence electrons. The maximum absolute atomic E-state index is 13.8. The van der Waals surface area contributed by atoms with E-state index in [0.717, 1.165) is 18.2 Å². The van der Waals surface area contributed by atoms with E-state index in [9.17, 15) is 26.8 Å². The minimum absolute atomic E-state index is 0.0631. The molecule has 29 heavy (non-hydrogen) atoms. The second-order valence-corrected chi connectivity index (χ2v) is 8.31. The number of piperidine rings is 1. The van der Waals surface area contributed by atoms with E-state index in [1.54, 1.807) is 0 Å². The highest BCUT2D eigenvalue weighted by Crippen LogP contribution is 2.22. The standard InChI is InChI=1S/C19H19F2N3O4S/c20-13-1-6-17(21)16(11-13)19(26)24-9-7-12(8-10-24)18(25)23-14-2-4-15(5-3-14)29(22,27)28/h1-6,11-12H,7-10H2,(H,23,25)(H2,22,27,28). The summed E-state index contributed by atoms with van der Waals surface area (Å²) in [6, 6.07) is 8.16. The number of nitrogens with zero attached hydrogens (tertiary/aromatic N) is 1. The van der Waals surface area contributed by atoms with Gasteiger partial charge in [-0.3, -0.25) is 9.59 Å². The Bertz CT molecular complexity index is 1030. The zero-order valence-electron chi connectivity index (χ0n) is 15.3. The molecule has 7 nitrogen and oxygen atoms in total. The average Bonchev–Trinajstić information content (AvgIpc) is 2.69. The molecule has 1 aliphatic heterocycles. The van der Waals surface area contributed by atoms with Crippen LogP contribution in [0.3, 0.4) is 0 Å². The van der Waals surface area contributed by atoms with Crippen LogP contribution in [0.5, 0.6) is 0 Å². The monoisotopic (exact) mass is 423 g/mol. The van der Waals surface area contributed by atoms with Gasteiger partial charge in [0.15, 0.2) is 0 Å². The second-order valence-electron chi connectivity index (χ2n) is 6.75. The van der Waals surface area contributed by atoms with Crippen LogP contribution in [0, 0.1) is 17.6 Å². The largest absolute Gasteiger partial charge is 0.339 e. The van der Waals surface area contributed by atoms with Crippen LogP contribution >= 0.6 is 0 Å². The number of carbonyl (C=O) groups excluding carboxylic acids is 2. The van der Waals surface area contributed by atoms with Gasteiger partial charge in [-0.15, -0.1) is 0 Å². The van der Waals surface area contributed by atoms with Crippen molar-refractivity contribution in [2.24, 2.45) is 11.1 Å². The lowest BCUT2D eigenvalue weighted by molar-refractivity contribution is -0.121. The number of amides is 2. The Morgan fingerprint density at radius 2 is 1.66 bits per heavy atom. The van der Waals surface area contributed by atoms with Gasteiger partial charge < -0.3 is 10.2 Å². The number of nitrogens with two attached hydrogens (primary N) is 1. The molecule has 0 saturated carbocycles. The van der Waals surface area contributed by atoms with Crippen molar-refractivity contribution >= 4 is 27.5 Å².